The standard InChI is InChI=1S/C16H16O5/c1-10(9-21-11-5-3-2-4-6-11)14-12(16(19)20)7-8-13(17)15(14)18/h2-8,10,17-18H,9H2,1H3,(H,19,20). The Morgan fingerprint density at radius 1 is 1.14 bits per heavy atom. The van der Waals surface area contributed by atoms with Gasteiger partial charge >= 0.3 is 5.97 Å². The second-order valence-electron chi connectivity index (χ2n) is 4.72. The van der Waals surface area contributed by atoms with Crippen molar-refractivity contribution in [1.29, 1.82) is 0 Å². The Morgan fingerprint density at radius 3 is 2.43 bits per heavy atom. The molecular formula is C16H16O5. The molecule has 0 aliphatic rings. The van der Waals surface area contributed by atoms with Crippen LogP contribution in [0.1, 0.15) is 28.8 Å². The van der Waals surface area contributed by atoms with E-state index >= 15 is 0 Å². The maximum absolute atomic E-state index is 11.2. The molecule has 0 bridgehead atoms. The van der Waals surface area contributed by atoms with Gasteiger partial charge in [-0.25, -0.2) is 4.79 Å². The normalized spacial score (nSPS) is 11.9. The molecule has 0 aliphatic carbocycles. The third-order valence-corrected chi connectivity index (χ3v) is 3.16. The summed E-state index contributed by atoms with van der Waals surface area (Å²) in [6.45, 7) is 1.91. The molecule has 0 aromatic heterocycles. The van der Waals surface area contributed by atoms with Crippen molar-refractivity contribution in [2.24, 2.45) is 0 Å². The van der Waals surface area contributed by atoms with Crippen molar-refractivity contribution in [3.63, 3.8) is 0 Å². The van der Waals surface area contributed by atoms with Crippen molar-refractivity contribution in [1.82, 2.24) is 0 Å². The molecule has 0 saturated carbocycles. The molecule has 110 valence electrons. The predicted molar refractivity (Wildman–Crippen MR) is 77.1 cm³/mol. The molecule has 0 saturated heterocycles. The van der Waals surface area contributed by atoms with E-state index in [2.05, 4.69) is 0 Å². The molecule has 0 spiro atoms. The summed E-state index contributed by atoms with van der Waals surface area (Å²) >= 11 is 0. The average molecular weight is 288 g/mol. The zero-order chi connectivity index (χ0) is 15.4. The number of carboxylic acids is 1. The number of aromatic hydroxyl groups is 2. The number of carbonyl (C=O) groups is 1. The lowest BCUT2D eigenvalue weighted by molar-refractivity contribution is 0.0694. The Labute approximate surface area is 122 Å². The topological polar surface area (TPSA) is 87.0 Å². The molecule has 0 aliphatic heterocycles. The number of rotatable bonds is 5. The zero-order valence-electron chi connectivity index (χ0n) is 11.5. The first-order chi connectivity index (χ1) is 10.0. The molecular weight excluding hydrogens is 272 g/mol. The lowest BCUT2D eigenvalue weighted by Gasteiger charge is -2.17. The summed E-state index contributed by atoms with van der Waals surface area (Å²) in [5.41, 5.74) is 0.118. The van der Waals surface area contributed by atoms with Crippen LogP contribution in [0.4, 0.5) is 0 Å². The predicted octanol–water partition coefficient (Wildman–Crippen LogP) is 2.98. The van der Waals surface area contributed by atoms with E-state index in [1.807, 2.05) is 18.2 Å². The van der Waals surface area contributed by atoms with Crippen molar-refractivity contribution in [3.05, 3.63) is 53.6 Å². The second kappa shape index (κ2) is 6.17. The van der Waals surface area contributed by atoms with Gasteiger partial charge in [-0.15, -0.1) is 0 Å². The molecule has 0 amide bonds. The van der Waals surface area contributed by atoms with Crippen molar-refractivity contribution in [2.45, 2.75) is 12.8 Å². The smallest absolute Gasteiger partial charge is 0.336 e. The zero-order valence-corrected chi connectivity index (χ0v) is 11.5. The molecule has 5 heteroatoms. The summed E-state index contributed by atoms with van der Waals surface area (Å²) in [7, 11) is 0. The first-order valence-electron chi connectivity index (χ1n) is 6.46. The van der Waals surface area contributed by atoms with Crippen molar-refractivity contribution >= 4 is 5.97 Å². The number of aromatic carboxylic acids is 1. The monoisotopic (exact) mass is 288 g/mol. The number of hydrogen-bond donors (Lipinski definition) is 3. The summed E-state index contributed by atoms with van der Waals surface area (Å²) in [5, 5.41) is 28.7. The van der Waals surface area contributed by atoms with Crippen LogP contribution >= 0.6 is 0 Å². The Morgan fingerprint density at radius 2 is 1.81 bits per heavy atom. The van der Waals surface area contributed by atoms with Crippen LogP contribution in [0.3, 0.4) is 0 Å². The van der Waals surface area contributed by atoms with Crippen molar-refractivity contribution in [3.8, 4) is 17.2 Å². The van der Waals surface area contributed by atoms with E-state index in [-0.39, 0.29) is 23.5 Å². The SMILES string of the molecule is CC(COc1ccccc1)c1c(C(=O)O)ccc(O)c1O. The summed E-state index contributed by atoms with van der Waals surface area (Å²) in [5.74, 6) is -1.67. The summed E-state index contributed by atoms with van der Waals surface area (Å²) in [6.07, 6.45) is 0. The van der Waals surface area contributed by atoms with Crippen LogP contribution in [-0.4, -0.2) is 27.9 Å². The van der Waals surface area contributed by atoms with Crippen LogP contribution in [0, 0.1) is 0 Å². The fourth-order valence-electron chi connectivity index (χ4n) is 2.10. The maximum atomic E-state index is 11.2. The van der Waals surface area contributed by atoms with Crippen molar-refractivity contribution < 1.29 is 24.9 Å². The number of para-hydroxylation sites is 1. The Hall–Kier alpha value is -2.69. The van der Waals surface area contributed by atoms with E-state index < -0.39 is 17.6 Å². The van der Waals surface area contributed by atoms with E-state index in [0.29, 0.717) is 5.75 Å². The van der Waals surface area contributed by atoms with Gasteiger partial charge < -0.3 is 20.1 Å². The van der Waals surface area contributed by atoms with Crippen LogP contribution in [0.5, 0.6) is 17.2 Å². The van der Waals surface area contributed by atoms with Gasteiger partial charge in [0.15, 0.2) is 11.5 Å². The number of phenolic OH excluding ortho intramolecular Hbond substituents is 2. The van der Waals surface area contributed by atoms with Gasteiger partial charge in [-0.2, -0.15) is 0 Å². The fraction of sp³-hybridized carbons (Fsp3) is 0.188. The Balaban J connectivity index is 2.24. The van der Waals surface area contributed by atoms with Gasteiger partial charge in [0.1, 0.15) is 5.75 Å². The molecule has 2 aromatic carbocycles. The van der Waals surface area contributed by atoms with Crippen LogP contribution in [-0.2, 0) is 0 Å². The minimum absolute atomic E-state index is 0.0468. The second-order valence-corrected chi connectivity index (χ2v) is 4.72. The maximum Gasteiger partial charge on any atom is 0.336 e. The third-order valence-electron chi connectivity index (χ3n) is 3.16. The highest BCUT2D eigenvalue weighted by molar-refractivity contribution is 5.91. The van der Waals surface area contributed by atoms with Gasteiger partial charge in [-0.05, 0) is 24.3 Å². The first-order valence-corrected chi connectivity index (χ1v) is 6.46. The van der Waals surface area contributed by atoms with E-state index in [0.717, 1.165) is 6.07 Å². The van der Waals surface area contributed by atoms with E-state index in [4.69, 9.17) is 4.74 Å². The minimum Gasteiger partial charge on any atom is -0.504 e. The third kappa shape index (κ3) is 3.25. The van der Waals surface area contributed by atoms with E-state index in [1.54, 1.807) is 19.1 Å². The van der Waals surface area contributed by atoms with Gasteiger partial charge in [0.2, 0.25) is 0 Å². The molecule has 1 atom stereocenters. The van der Waals surface area contributed by atoms with E-state index in [9.17, 15) is 20.1 Å². The van der Waals surface area contributed by atoms with Gasteiger partial charge in [0.05, 0.1) is 12.2 Å². The quantitative estimate of drug-likeness (QED) is 0.736. The number of benzene rings is 2. The molecule has 3 N–H and O–H groups in total. The molecule has 0 radical (unpaired) electrons. The molecule has 21 heavy (non-hydrogen) atoms. The Bertz CT molecular complexity index is 637. The molecule has 0 fully saturated rings. The number of carboxylic acid groups (broad SMARTS) is 1. The summed E-state index contributed by atoms with van der Waals surface area (Å²) in [4.78, 5) is 11.2. The number of ether oxygens (including phenoxy) is 1. The van der Waals surface area contributed by atoms with Crippen LogP contribution < -0.4 is 4.74 Å². The lowest BCUT2D eigenvalue weighted by atomic mass is 9.94. The fourth-order valence-corrected chi connectivity index (χ4v) is 2.10. The molecule has 1 unspecified atom stereocenters. The van der Waals surface area contributed by atoms with Crippen molar-refractivity contribution in [2.75, 3.05) is 6.61 Å². The van der Waals surface area contributed by atoms with Gasteiger partial charge in [0, 0.05) is 11.5 Å². The van der Waals surface area contributed by atoms with Gasteiger partial charge in [-0.1, -0.05) is 25.1 Å². The minimum atomic E-state index is -1.16. The van der Waals surface area contributed by atoms with Gasteiger partial charge in [0.25, 0.3) is 0 Å². The Kier molecular flexibility index (Phi) is 4.33. The van der Waals surface area contributed by atoms with Crippen LogP contribution in [0.25, 0.3) is 0 Å². The van der Waals surface area contributed by atoms with Crippen LogP contribution in [0.2, 0.25) is 0 Å². The highest BCUT2D eigenvalue weighted by Crippen LogP contribution is 2.36. The highest BCUT2D eigenvalue weighted by atomic mass is 16.5. The number of phenols is 2. The van der Waals surface area contributed by atoms with E-state index in [1.165, 1.54) is 6.07 Å². The molecule has 0 heterocycles. The van der Waals surface area contributed by atoms with Gasteiger partial charge in [-0.3, -0.25) is 0 Å². The number of hydrogen-bond acceptors (Lipinski definition) is 4. The summed E-state index contributed by atoms with van der Waals surface area (Å²) < 4.78 is 5.57. The van der Waals surface area contributed by atoms with Crippen LogP contribution in [0.15, 0.2) is 42.5 Å². The highest BCUT2D eigenvalue weighted by Gasteiger charge is 2.22. The first kappa shape index (κ1) is 14.7. The molecule has 5 nitrogen and oxygen atoms in total. The average Bonchev–Trinajstić information content (AvgIpc) is 2.48. The molecule has 2 aromatic rings. The summed E-state index contributed by atoms with van der Waals surface area (Å²) in [6, 6.07) is 11.5. The molecule has 2 rings (SSSR count). The largest absolute Gasteiger partial charge is 0.504 e. The lowest BCUT2D eigenvalue weighted by Crippen LogP contribution is -2.12.